The molecule has 1 saturated heterocycles. The fourth-order valence-corrected chi connectivity index (χ4v) is 4.12. The summed E-state index contributed by atoms with van der Waals surface area (Å²) in [5.74, 6) is -1.41. The molecule has 1 fully saturated rings. The zero-order valence-corrected chi connectivity index (χ0v) is 17.3. The number of nitrogens with one attached hydrogen (secondary N) is 1. The Hall–Kier alpha value is -3.65. The summed E-state index contributed by atoms with van der Waals surface area (Å²) in [5.41, 5.74) is 9.00. The Labute approximate surface area is 184 Å². The second-order valence-corrected chi connectivity index (χ2v) is 7.90. The van der Waals surface area contributed by atoms with E-state index in [2.05, 4.69) is 25.2 Å². The van der Waals surface area contributed by atoms with E-state index in [0.29, 0.717) is 11.2 Å². The number of hydrogen-bond acceptors (Lipinski definition) is 6. The van der Waals surface area contributed by atoms with Crippen molar-refractivity contribution in [3.8, 4) is 11.4 Å². The van der Waals surface area contributed by atoms with Crippen LogP contribution < -0.4 is 16.0 Å². The maximum atomic E-state index is 14.3. The van der Waals surface area contributed by atoms with Gasteiger partial charge in [0, 0.05) is 36.9 Å². The lowest BCUT2D eigenvalue weighted by atomic mass is 10.1. The van der Waals surface area contributed by atoms with Gasteiger partial charge in [-0.3, -0.25) is 4.98 Å². The lowest BCUT2D eigenvalue weighted by Gasteiger charge is -2.33. The van der Waals surface area contributed by atoms with Gasteiger partial charge >= 0.3 is 0 Å². The molecule has 1 aliphatic heterocycles. The molecular weight excluding hydrogens is 410 g/mol. The van der Waals surface area contributed by atoms with Crippen molar-refractivity contribution in [2.45, 2.75) is 18.9 Å². The number of nitrogens with two attached hydrogens (primary N) is 1. The molecule has 0 radical (unpaired) electrons. The number of hydrogen-bond donors (Lipinski definition) is 2. The Kier molecular flexibility index (Phi) is 5.36. The van der Waals surface area contributed by atoms with Crippen LogP contribution in [0, 0.1) is 11.6 Å². The molecule has 0 saturated carbocycles. The lowest BCUT2D eigenvalue weighted by molar-refractivity contribution is 0.506. The number of pyridine rings is 1. The number of benzene rings is 2. The van der Waals surface area contributed by atoms with Crippen LogP contribution in [-0.2, 0) is 0 Å². The van der Waals surface area contributed by atoms with Crippen molar-refractivity contribution in [3.63, 3.8) is 0 Å². The van der Waals surface area contributed by atoms with Crippen molar-refractivity contribution in [1.29, 1.82) is 0 Å². The summed E-state index contributed by atoms with van der Waals surface area (Å²) in [6, 6.07) is 11.4. The monoisotopic (exact) mass is 432 g/mol. The summed E-state index contributed by atoms with van der Waals surface area (Å²) in [6.45, 7) is 1.69. The number of halogens is 2. The molecule has 6 nitrogen and oxygen atoms in total. The second-order valence-electron chi connectivity index (χ2n) is 7.90. The number of rotatable bonds is 4. The lowest BCUT2D eigenvalue weighted by Crippen LogP contribution is -2.43. The van der Waals surface area contributed by atoms with Gasteiger partial charge < -0.3 is 16.0 Å². The van der Waals surface area contributed by atoms with Gasteiger partial charge in [-0.05, 0) is 37.1 Å². The predicted molar refractivity (Wildman–Crippen MR) is 122 cm³/mol. The summed E-state index contributed by atoms with van der Waals surface area (Å²) in [6.07, 6.45) is 7.13. The van der Waals surface area contributed by atoms with Gasteiger partial charge in [0.2, 0.25) is 0 Å². The van der Waals surface area contributed by atoms with Crippen LogP contribution in [0.2, 0.25) is 0 Å². The first-order chi connectivity index (χ1) is 15.6. The van der Waals surface area contributed by atoms with Gasteiger partial charge in [0.05, 0.1) is 34.3 Å². The first-order valence-electron chi connectivity index (χ1n) is 10.5. The van der Waals surface area contributed by atoms with E-state index < -0.39 is 11.6 Å². The number of para-hydroxylation sites is 1. The minimum absolute atomic E-state index is 0.00392. The van der Waals surface area contributed by atoms with E-state index in [1.807, 2.05) is 24.3 Å². The first-order valence-corrected chi connectivity index (χ1v) is 10.5. The molecule has 0 spiro atoms. The molecule has 2 aromatic heterocycles. The zero-order chi connectivity index (χ0) is 22.1. The largest absolute Gasteiger partial charge is 0.368 e. The highest BCUT2D eigenvalue weighted by Crippen LogP contribution is 2.33. The van der Waals surface area contributed by atoms with Crippen molar-refractivity contribution >= 4 is 28.0 Å². The zero-order valence-electron chi connectivity index (χ0n) is 17.3. The Bertz CT molecular complexity index is 1260. The summed E-state index contributed by atoms with van der Waals surface area (Å²) >= 11 is 0. The molecule has 0 amide bonds. The van der Waals surface area contributed by atoms with E-state index in [4.69, 9.17) is 5.73 Å². The van der Waals surface area contributed by atoms with Gasteiger partial charge in [0.25, 0.3) is 0 Å². The smallest absolute Gasteiger partial charge is 0.165 e. The Morgan fingerprint density at radius 1 is 1.00 bits per heavy atom. The van der Waals surface area contributed by atoms with Crippen LogP contribution in [-0.4, -0.2) is 34.1 Å². The third-order valence-corrected chi connectivity index (χ3v) is 5.66. The van der Waals surface area contributed by atoms with Crippen LogP contribution in [0.25, 0.3) is 22.3 Å². The quantitative estimate of drug-likeness (QED) is 0.489. The molecule has 0 bridgehead atoms. The van der Waals surface area contributed by atoms with E-state index in [9.17, 15) is 8.78 Å². The maximum Gasteiger partial charge on any atom is 0.165 e. The normalized spacial score (nSPS) is 16.3. The van der Waals surface area contributed by atoms with Gasteiger partial charge in [-0.2, -0.15) is 0 Å². The minimum Gasteiger partial charge on any atom is -0.368 e. The predicted octanol–water partition coefficient (Wildman–Crippen LogP) is 4.64. The van der Waals surface area contributed by atoms with Crippen molar-refractivity contribution in [1.82, 2.24) is 15.0 Å². The average Bonchev–Trinajstić information content (AvgIpc) is 2.80. The number of fused-ring (bicyclic) bond motifs is 1. The van der Waals surface area contributed by atoms with Crippen molar-refractivity contribution < 1.29 is 8.78 Å². The fraction of sp³-hybridized carbons (Fsp3) is 0.208. The Balaban J connectivity index is 1.56. The fourth-order valence-electron chi connectivity index (χ4n) is 4.12. The standard InChI is InChI=1S/C24H22F2N6/c25-17-6-2-7-18(26)22(17)24-29-12-15-4-1-8-19(23(15)31-24)30-20-13-28-10-9-21(20)32-11-3-5-16(27)14-32/h1-2,4,6-10,12-13,16,30H,3,5,11,14,27H2/t16-/m1/s1. The van der Waals surface area contributed by atoms with E-state index in [1.165, 1.54) is 18.2 Å². The van der Waals surface area contributed by atoms with Crippen LogP contribution >= 0.6 is 0 Å². The van der Waals surface area contributed by atoms with E-state index in [1.54, 1.807) is 18.6 Å². The first kappa shape index (κ1) is 20.3. The van der Waals surface area contributed by atoms with Gasteiger partial charge in [0.15, 0.2) is 5.82 Å². The van der Waals surface area contributed by atoms with Crippen LogP contribution in [0.15, 0.2) is 61.1 Å². The summed E-state index contributed by atoms with van der Waals surface area (Å²) in [5, 5.41) is 4.16. The van der Waals surface area contributed by atoms with Gasteiger partial charge in [-0.25, -0.2) is 18.7 Å². The topological polar surface area (TPSA) is 80.0 Å². The van der Waals surface area contributed by atoms with Crippen molar-refractivity contribution in [2.75, 3.05) is 23.3 Å². The van der Waals surface area contributed by atoms with E-state index in [0.717, 1.165) is 42.7 Å². The molecule has 0 aliphatic carbocycles. The van der Waals surface area contributed by atoms with E-state index >= 15 is 0 Å². The third-order valence-electron chi connectivity index (χ3n) is 5.66. The maximum absolute atomic E-state index is 14.3. The molecule has 5 rings (SSSR count). The molecular formula is C24H22F2N6. The average molecular weight is 432 g/mol. The van der Waals surface area contributed by atoms with Gasteiger partial charge in [-0.1, -0.05) is 18.2 Å². The van der Waals surface area contributed by atoms with E-state index in [-0.39, 0.29) is 17.4 Å². The molecule has 1 aliphatic rings. The number of piperidine rings is 1. The SMILES string of the molecule is N[C@@H]1CCCN(c2ccncc2Nc2cccc3cnc(-c4c(F)cccc4F)nc23)C1. The molecule has 32 heavy (non-hydrogen) atoms. The van der Waals surface area contributed by atoms with Crippen molar-refractivity contribution in [3.05, 3.63) is 72.7 Å². The summed E-state index contributed by atoms with van der Waals surface area (Å²) in [7, 11) is 0. The molecule has 0 unspecified atom stereocenters. The van der Waals surface area contributed by atoms with Crippen LogP contribution in [0.4, 0.5) is 25.8 Å². The minimum atomic E-state index is -0.703. The summed E-state index contributed by atoms with van der Waals surface area (Å²) < 4.78 is 28.6. The second kappa shape index (κ2) is 8.47. The molecule has 1 atom stereocenters. The van der Waals surface area contributed by atoms with Gasteiger partial charge in [-0.15, -0.1) is 0 Å². The number of aromatic nitrogens is 3. The highest BCUT2D eigenvalue weighted by atomic mass is 19.1. The molecule has 3 heterocycles. The van der Waals surface area contributed by atoms with Crippen molar-refractivity contribution in [2.24, 2.45) is 5.73 Å². The molecule has 4 aromatic rings. The van der Waals surface area contributed by atoms with Crippen LogP contribution in [0.1, 0.15) is 12.8 Å². The molecule has 2 aromatic carbocycles. The number of anilines is 3. The molecule has 162 valence electrons. The molecule has 3 N–H and O–H groups in total. The number of nitrogens with zero attached hydrogens (tertiary/aromatic N) is 4. The molecule has 8 heteroatoms. The van der Waals surface area contributed by atoms with Gasteiger partial charge in [0.1, 0.15) is 11.6 Å². The van der Waals surface area contributed by atoms with Crippen LogP contribution in [0.3, 0.4) is 0 Å². The third kappa shape index (κ3) is 3.85. The highest BCUT2D eigenvalue weighted by Gasteiger charge is 2.20. The van der Waals surface area contributed by atoms with Crippen LogP contribution in [0.5, 0.6) is 0 Å². The highest BCUT2D eigenvalue weighted by molar-refractivity contribution is 5.93. The Morgan fingerprint density at radius 3 is 2.62 bits per heavy atom. The Morgan fingerprint density at radius 2 is 1.81 bits per heavy atom. The summed E-state index contributed by atoms with van der Waals surface area (Å²) in [4.78, 5) is 15.2.